The molecular weight excluding hydrogens is 385 g/mol. The van der Waals surface area contributed by atoms with Gasteiger partial charge in [-0.1, -0.05) is 35.4 Å². The minimum Gasteiger partial charge on any atom is -0.374 e. The summed E-state index contributed by atoms with van der Waals surface area (Å²) in [5.74, 6) is -0.0241. The van der Waals surface area contributed by atoms with Gasteiger partial charge in [-0.25, -0.2) is 8.42 Å². The Bertz CT molecular complexity index is 684. The number of sulfonamides is 1. The smallest absolute Gasteiger partial charge is 0.211 e. The number of ether oxygens (including phenoxy) is 1. The predicted octanol–water partition coefficient (Wildman–Crippen LogP) is 3.65. The van der Waals surface area contributed by atoms with Gasteiger partial charge in [0.25, 0.3) is 0 Å². The molecule has 8 heteroatoms. The molecule has 0 unspecified atom stereocenters. The van der Waals surface area contributed by atoms with E-state index in [1.54, 1.807) is 30.4 Å². The molecule has 0 aliphatic carbocycles. The van der Waals surface area contributed by atoms with Crippen molar-refractivity contribution in [3.05, 3.63) is 39.9 Å². The van der Waals surface area contributed by atoms with E-state index in [4.69, 9.17) is 27.9 Å². The molecule has 0 atom stereocenters. The molecule has 1 rings (SSSR count). The molecule has 0 heterocycles. The Morgan fingerprint density at radius 3 is 2.40 bits per heavy atom. The Labute approximate surface area is 159 Å². The van der Waals surface area contributed by atoms with E-state index in [1.165, 1.54) is 17.5 Å². The standard InChI is InChI=1S/C17H23Cl2NO4S/c1-14(21)13-24-9-4-3-7-20(25(2,22)23)8-5-6-15-10-16(18)12-17(19)11-15/h5-6,10-12H,3-4,7-9,13H2,1-2H3/b6-5+. The summed E-state index contributed by atoms with van der Waals surface area (Å²) >= 11 is 11.9. The van der Waals surface area contributed by atoms with Crippen LogP contribution in [0.4, 0.5) is 0 Å². The molecule has 0 aliphatic rings. The minimum atomic E-state index is -3.31. The summed E-state index contributed by atoms with van der Waals surface area (Å²) in [6.07, 6.45) is 6.07. The highest BCUT2D eigenvalue weighted by Gasteiger charge is 2.14. The average Bonchev–Trinajstić information content (AvgIpc) is 2.46. The van der Waals surface area contributed by atoms with E-state index >= 15 is 0 Å². The molecule has 1 aromatic rings. The topological polar surface area (TPSA) is 63.7 Å². The Morgan fingerprint density at radius 2 is 1.84 bits per heavy atom. The monoisotopic (exact) mass is 407 g/mol. The van der Waals surface area contributed by atoms with Crippen molar-refractivity contribution in [3.8, 4) is 0 Å². The highest BCUT2D eigenvalue weighted by Crippen LogP contribution is 2.20. The highest BCUT2D eigenvalue weighted by atomic mass is 35.5. The van der Waals surface area contributed by atoms with Crippen LogP contribution in [0.2, 0.25) is 10.0 Å². The molecule has 0 aliphatic heterocycles. The van der Waals surface area contributed by atoms with E-state index in [9.17, 15) is 13.2 Å². The summed E-state index contributed by atoms with van der Waals surface area (Å²) < 4.78 is 30.3. The van der Waals surface area contributed by atoms with Crippen LogP contribution >= 0.6 is 23.2 Å². The summed E-state index contributed by atoms with van der Waals surface area (Å²) in [6.45, 7) is 2.65. The van der Waals surface area contributed by atoms with Gasteiger partial charge in [0.15, 0.2) is 5.78 Å². The van der Waals surface area contributed by atoms with Crippen LogP contribution in [0.5, 0.6) is 0 Å². The molecule has 0 aromatic heterocycles. The SMILES string of the molecule is CC(=O)COCCCCN(C/C=C/c1cc(Cl)cc(Cl)c1)S(C)(=O)=O. The predicted molar refractivity (Wildman–Crippen MR) is 103 cm³/mol. The molecule has 0 saturated heterocycles. The number of Topliss-reactive ketones (excluding diaryl/α,β-unsaturated/α-hetero) is 1. The van der Waals surface area contributed by atoms with E-state index in [0.29, 0.717) is 36.0 Å². The summed E-state index contributed by atoms with van der Waals surface area (Å²) in [5, 5.41) is 1.05. The Kier molecular flexibility index (Phi) is 9.67. The second-order valence-corrected chi connectivity index (χ2v) is 8.54. The first-order valence-electron chi connectivity index (χ1n) is 7.83. The highest BCUT2D eigenvalue weighted by molar-refractivity contribution is 7.88. The van der Waals surface area contributed by atoms with Crippen LogP contribution in [0, 0.1) is 0 Å². The van der Waals surface area contributed by atoms with Crippen LogP contribution in [-0.4, -0.2) is 51.1 Å². The molecule has 25 heavy (non-hydrogen) atoms. The number of carbonyl (C=O) groups excluding carboxylic acids is 1. The summed E-state index contributed by atoms with van der Waals surface area (Å²) in [6, 6.07) is 5.14. The van der Waals surface area contributed by atoms with Crippen LogP contribution in [0.15, 0.2) is 24.3 Å². The quantitative estimate of drug-likeness (QED) is 0.525. The van der Waals surface area contributed by atoms with E-state index in [1.807, 2.05) is 0 Å². The maximum atomic E-state index is 11.9. The van der Waals surface area contributed by atoms with Crippen LogP contribution in [0.3, 0.4) is 0 Å². The van der Waals surface area contributed by atoms with Crippen molar-refractivity contribution >= 4 is 45.1 Å². The number of benzene rings is 1. The van der Waals surface area contributed by atoms with Crippen molar-refractivity contribution in [3.63, 3.8) is 0 Å². The summed E-state index contributed by atoms with van der Waals surface area (Å²) in [4.78, 5) is 10.8. The number of hydrogen-bond acceptors (Lipinski definition) is 4. The van der Waals surface area contributed by atoms with Gasteiger partial charge in [-0.2, -0.15) is 4.31 Å². The van der Waals surface area contributed by atoms with Crippen molar-refractivity contribution in [2.24, 2.45) is 0 Å². The van der Waals surface area contributed by atoms with Gasteiger partial charge < -0.3 is 4.74 Å². The van der Waals surface area contributed by atoms with E-state index in [-0.39, 0.29) is 18.9 Å². The third kappa shape index (κ3) is 9.97. The zero-order chi connectivity index (χ0) is 18.9. The van der Waals surface area contributed by atoms with E-state index < -0.39 is 10.0 Å². The largest absolute Gasteiger partial charge is 0.374 e. The fraction of sp³-hybridized carbons (Fsp3) is 0.471. The number of nitrogens with zero attached hydrogens (tertiary/aromatic N) is 1. The van der Waals surface area contributed by atoms with Gasteiger partial charge >= 0.3 is 0 Å². The Hall–Kier alpha value is -0.920. The number of rotatable bonds is 11. The third-order valence-corrected chi connectivity index (χ3v) is 4.93. The second kappa shape index (κ2) is 10.9. The van der Waals surface area contributed by atoms with Gasteiger partial charge in [0.2, 0.25) is 10.0 Å². The van der Waals surface area contributed by atoms with Crippen molar-refractivity contribution in [2.45, 2.75) is 19.8 Å². The number of carbonyl (C=O) groups is 1. The normalized spacial score (nSPS) is 12.2. The number of ketones is 1. The lowest BCUT2D eigenvalue weighted by Gasteiger charge is -2.18. The van der Waals surface area contributed by atoms with E-state index in [0.717, 1.165) is 5.56 Å². The van der Waals surface area contributed by atoms with Crippen LogP contribution < -0.4 is 0 Å². The van der Waals surface area contributed by atoms with Crippen LogP contribution in [0.1, 0.15) is 25.3 Å². The van der Waals surface area contributed by atoms with Gasteiger partial charge in [-0.15, -0.1) is 0 Å². The molecule has 0 N–H and O–H groups in total. The lowest BCUT2D eigenvalue weighted by Crippen LogP contribution is -2.31. The first-order chi connectivity index (χ1) is 11.7. The number of unbranched alkanes of at least 4 members (excludes halogenated alkanes) is 1. The Balaban J connectivity index is 2.51. The first kappa shape index (κ1) is 22.1. The lowest BCUT2D eigenvalue weighted by molar-refractivity contribution is -0.121. The fourth-order valence-electron chi connectivity index (χ4n) is 2.08. The van der Waals surface area contributed by atoms with Gasteiger partial charge in [-0.3, -0.25) is 4.79 Å². The van der Waals surface area contributed by atoms with Gasteiger partial charge in [0, 0.05) is 29.7 Å². The second-order valence-electron chi connectivity index (χ2n) is 5.69. The molecule has 0 saturated carbocycles. The average molecular weight is 408 g/mol. The third-order valence-electron chi connectivity index (χ3n) is 3.22. The maximum absolute atomic E-state index is 11.9. The molecule has 5 nitrogen and oxygen atoms in total. The number of hydrogen-bond donors (Lipinski definition) is 0. The first-order valence-corrected chi connectivity index (χ1v) is 10.4. The summed E-state index contributed by atoms with van der Waals surface area (Å²) in [5.41, 5.74) is 0.809. The molecule has 1 aromatic carbocycles. The van der Waals surface area contributed by atoms with Crippen molar-refractivity contribution in [2.75, 3.05) is 32.6 Å². The minimum absolute atomic E-state index is 0.0241. The molecule has 0 fully saturated rings. The maximum Gasteiger partial charge on any atom is 0.211 e. The van der Waals surface area contributed by atoms with Crippen LogP contribution in [0.25, 0.3) is 6.08 Å². The van der Waals surface area contributed by atoms with Gasteiger partial charge in [0.1, 0.15) is 6.61 Å². The molecule has 140 valence electrons. The lowest BCUT2D eigenvalue weighted by atomic mass is 10.2. The fourth-order valence-corrected chi connectivity index (χ4v) is 3.44. The molecule has 0 bridgehead atoms. The van der Waals surface area contributed by atoms with Crippen LogP contribution in [-0.2, 0) is 19.6 Å². The van der Waals surface area contributed by atoms with Crippen molar-refractivity contribution < 1.29 is 17.9 Å². The van der Waals surface area contributed by atoms with Crippen molar-refractivity contribution in [1.29, 1.82) is 0 Å². The van der Waals surface area contributed by atoms with Crippen molar-refractivity contribution in [1.82, 2.24) is 4.31 Å². The zero-order valence-corrected chi connectivity index (χ0v) is 16.7. The van der Waals surface area contributed by atoms with E-state index in [2.05, 4.69) is 0 Å². The molecular formula is C17H23Cl2NO4S. The molecule has 0 amide bonds. The number of halogens is 2. The van der Waals surface area contributed by atoms with Gasteiger partial charge in [0.05, 0.1) is 6.26 Å². The zero-order valence-electron chi connectivity index (χ0n) is 14.4. The molecule has 0 radical (unpaired) electrons. The Morgan fingerprint density at radius 1 is 1.20 bits per heavy atom. The molecule has 0 spiro atoms. The summed E-state index contributed by atoms with van der Waals surface area (Å²) in [7, 11) is -3.31. The van der Waals surface area contributed by atoms with Gasteiger partial charge in [-0.05, 0) is 43.5 Å².